The van der Waals surface area contributed by atoms with Crippen molar-refractivity contribution in [2.24, 2.45) is 0 Å². The molecular weight excluding hydrogens is 360 g/mol. The first-order chi connectivity index (χ1) is 13.1. The van der Waals surface area contributed by atoms with Crippen LogP contribution in [0.5, 0.6) is 0 Å². The quantitative estimate of drug-likeness (QED) is 0.556. The Hall–Kier alpha value is -2.54. The number of nitrogens with zero attached hydrogens (tertiary/aromatic N) is 3. The minimum absolute atomic E-state index is 0.0504. The van der Waals surface area contributed by atoms with E-state index in [1.165, 1.54) is 17.3 Å². The number of aromatic nitrogens is 3. The molecule has 0 atom stereocenters. The summed E-state index contributed by atoms with van der Waals surface area (Å²) in [6.07, 6.45) is 1.98. The smallest absolute Gasteiger partial charge is 0.278 e. The van der Waals surface area contributed by atoms with Gasteiger partial charge < -0.3 is 9.88 Å². The van der Waals surface area contributed by atoms with Gasteiger partial charge in [0.15, 0.2) is 5.16 Å². The summed E-state index contributed by atoms with van der Waals surface area (Å²) in [4.78, 5) is 35.1. The number of carbonyl (C=O) groups is 1. The standard InChI is InChI=1S/C20H22N4O2S/c1-3-23-19(26)18-15(11-13(2)21-18)22-20(23)27-12-17(25)24-10-6-8-14-7-4-5-9-16(14)24/h4-5,7,9,11,21H,3,6,8,10,12H2,1-2H3. The molecule has 1 aliphatic heterocycles. The average molecular weight is 382 g/mol. The molecule has 3 heterocycles. The Bertz CT molecular complexity index is 1070. The first kappa shape index (κ1) is 17.9. The van der Waals surface area contributed by atoms with Crippen molar-refractivity contribution in [3.8, 4) is 0 Å². The van der Waals surface area contributed by atoms with Crippen LogP contribution in [-0.2, 0) is 17.8 Å². The normalized spacial score (nSPS) is 13.8. The molecule has 1 amide bonds. The molecule has 2 aromatic heterocycles. The number of anilines is 1. The van der Waals surface area contributed by atoms with Gasteiger partial charge in [-0.1, -0.05) is 30.0 Å². The lowest BCUT2D eigenvalue weighted by atomic mass is 10.0. The number of benzene rings is 1. The van der Waals surface area contributed by atoms with Crippen LogP contribution in [0.1, 0.15) is 24.6 Å². The molecule has 0 spiro atoms. The van der Waals surface area contributed by atoms with E-state index in [1.807, 2.05) is 43.0 Å². The molecular formula is C20H22N4O2S. The number of amides is 1. The Morgan fingerprint density at radius 1 is 1.33 bits per heavy atom. The van der Waals surface area contributed by atoms with Crippen LogP contribution in [0.3, 0.4) is 0 Å². The molecule has 4 rings (SSSR count). The average Bonchev–Trinajstić information content (AvgIpc) is 3.06. The van der Waals surface area contributed by atoms with Crippen LogP contribution < -0.4 is 10.5 Å². The minimum Gasteiger partial charge on any atom is -0.353 e. The van der Waals surface area contributed by atoms with Crippen molar-refractivity contribution < 1.29 is 4.79 Å². The molecule has 1 aliphatic rings. The van der Waals surface area contributed by atoms with Gasteiger partial charge >= 0.3 is 0 Å². The molecule has 27 heavy (non-hydrogen) atoms. The topological polar surface area (TPSA) is 71.0 Å². The number of thioether (sulfide) groups is 1. The van der Waals surface area contributed by atoms with E-state index in [9.17, 15) is 9.59 Å². The maximum absolute atomic E-state index is 12.9. The molecule has 0 unspecified atom stereocenters. The van der Waals surface area contributed by atoms with Crippen molar-refractivity contribution >= 4 is 34.4 Å². The number of aromatic amines is 1. The van der Waals surface area contributed by atoms with Gasteiger partial charge in [-0.25, -0.2) is 4.98 Å². The third kappa shape index (κ3) is 3.27. The van der Waals surface area contributed by atoms with Crippen molar-refractivity contribution in [1.82, 2.24) is 14.5 Å². The van der Waals surface area contributed by atoms with Crippen molar-refractivity contribution in [2.45, 2.75) is 38.4 Å². The first-order valence-electron chi connectivity index (χ1n) is 9.19. The van der Waals surface area contributed by atoms with Crippen LogP contribution in [0.2, 0.25) is 0 Å². The molecule has 7 heteroatoms. The van der Waals surface area contributed by atoms with E-state index in [-0.39, 0.29) is 17.2 Å². The van der Waals surface area contributed by atoms with E-state index >= 15 is 0 Å². The maximum Gasteiger partial charge on any atom is 0.278 e. The second kappa shape index (κ2) is 7.23. The fourth-order valence-corrected chi connectivity index (χ4v) is 4.54. The van der Waals surface area contributed by atoms with Crippen LogP contribution in [0, 0.1) is 6.92 Å². The number of nitrogens with one attached hydrogen (secondary N) is 1. The van der Waals surface area contributed by atoms with Gasteiger partial charge in [-0.05, 0) is 44.4 Å². The zero-order chi connectivity index (χ0) is 19.0. The summed E-state index contributed by atoms with van der Waals surface area (Å²) in [7, 11) is 0. The zero-order valence-corrected chi connectivity index (χ0v) is 16.3. The molecule has 0 radical (unpaired) electrons. The molecule has 0 bridgehead atoms. The molecule has 1 N–H and O–H groups in total. The second-order valence-corrected chi connectivity index (χ2v) is 7.67. The van der Waals surface area contributed by atoms with E-state index in [1.54, 1.807) is 4.57 Å². The SMILES string of the molecule is CCn1c(SCC(=O)N2CCCc3ccccc32)nc2cc(C)[nH]c2c1=O. The molecule has 3 aromatic rings. The molecule has 6 nitrogen and oxygen atoms in total. The lowest BCUT2D eigenvalue weighted by molar-refractivity contribution is -0.116. The Balaban J connectivity index is 1.59. The van der Waals surface area contributed by atoms with Gasteiger partial charge in [0.25, 0.3) is 5.56 Å². The number of hydrogen-bond donors (Lipinski definition) is 1. The Kier molecular flexibility index (Phi) is 4.78. The van der Waals surface area contributed by atoms with Gasteiger partial charge in [0.05, 0.1) is 11.3 Å². The van der Waals surface area contributed by atoms with Crippen molar-refractivity contribution in [2.75, 3.05) is 17.2 Å². The number of aryl methyl sites for hydroxylation is 2. The Labute approximate surface area is 161 Å². The first-order valence-corrected chi connectivity index (χ1v) is 10.2. The number of hydrogen-bond acceptors (Lipinski definition) is 4. The van der Waals surface area contributed by atoms with Gasteiger partial charge in [0.2, 0.25) is 5.91 Å². The highest BCUT2D eigenvalue weighted by atomic mass is 32.2. The van der Waals surface area contributed by atoms with Crippen LogP contribution in [0.4, 0.5) is 5.69 Å². The van der Waals surface area contributed by atoms with Crippen LogP contribution in [-0.4, -0.2) is 32.7 Å². The van der Waals surface area contributed by atoms with E-state index in [0.717, 1.165) is 30.8 Å². The van der Waals surface area contributed by atoms with Crippen LogP contribution in [0.25, 0.3) is 11.0 Å². The zero-order valence-electron chi connectivity index (χ0n) is 15.5. The lowest BCUT2D eigenvalue weighted by Gasteiger charge is -2.29. The molecule has 0 saturated heterocycles. The highest BCUT2D eigenvalue weighted by Crippen LogP contribution is 2.28. The Morgan fingerprint density at radius 3 is 2.96 bits per heavy atom. The molecule has 0 aliphatic carbocycles. The van der Waals surface area contributed by atoms with Crippen molar-refractivity contribution in [3.63, 3.8) is 0 Å². The van der Waals surface area contributed by atoms with E-state index in [2.05, 4.69) is 16.0 Å². The maximum atomic E-state index is 12.9. The summed E-state index contributed by atoms with van der Waals surface area (Å²) in [5.74, 6) is 0.310. The third-order valence-corrected chi connectivity index (χ3v) is 5.85. The van der Waals surface area contributed by atoms with Crippen molar-refractivity contribution in [1.29, 1.82) is 0 Å². The van der Waals surface area contributed by atoms with E-state index < -0.39 is 0 Å². The van der Waals surface area contributed by atoms with Gasteiger partial charge in [-0.2, -0.15) is 0 Å². The number of para-hydroxylation sites is 1. The summed E-state index contributed by atoms with van der Waals surface area (Å²) in [6.45, 7) is 5.07. The highest BCUT2D eigenvalue weighted by molar-refractivity contribution is 7.99. The highest BCUT2D eigenvalue weighted by Gasteiger charge is 2.23. The molecule has 1 aromatic carbocycles. The summed E-state index contributed by atoms with van der Waals surface area (Å²) in [6, 6.07) is 9.94. The number of H-pyrrole nitrogens is 1. The molecule has 0 saturated carbocycles. The third-order valence-electron chi connectivity index (χ3n) is 4.89. The molecule has 140 valence electrons. The predicted octanol–water partition coefficient (Wildman–Crippen LogP) is 3.12. The van der Waals surface area contributed by atoms with Gasteiger partial charge in [0.1, 0.15) is 5.52 Å². The fourth-order valence-electron chi connectivity index (χ4n) is 3.60. The largest absolute Gasteiger partial charge is 0.353 e. The van der Waals surface area contributed by atoms with Crippen LogP contribution in [0.15, 0.2) is 40.3 Å². The van der Waals surface area contributed by atoms with Crippen molar-refractivity contribution in [3.05, 3.63) is 51.9 Å². The molecule has 0 fully saturated rings. The number of fused-ring (bicyclic) bond motifs is 2. The predicted molar refractivity (Wildman–Crippen MR) is 109 cm³/mol. The summed E-state index contributed by atoms with van der Waals surface area (Å²) >= 11 is 1.33. The summed E-state index contributed by atoms with van der Waals surface area (Å²) in [5.41, 5.74) is 4.21. The van der Waals surface area contributed by atoms with Gasteiger partial charge in [0, 0.05) is 24.5 Å². The van der Waals surface area contributed by atoms with E-state index in [4.69, 9.17) is 0 Å². The fraction of sp³-hybridized carbons (Fsp3) is 0.350. The van der Waals surface area contributed by atoms with E-state index in [0.29, 0.717) is 22.7 Å². The Morgan fingerprint density at radius 2 is 2.15 bits per heavy atom. The minimum atomic E-state index is -0.0890. The number of rotatable bonds is 4. The lowest BCUT2D eigenvalue weighted by Crippen LogP contribution is -2.36. The number of carbonyl (C=O) groups excluding carboxylic acids is 1. The second-order valence-electron chi connectivity index (χ2n) is 6.72. The van der Waals surface area contributed by atoms with Gasteiger partial charge in [-0.3, -0.25) is 14.2 Å². The van der Waals surface area contributed by atoms with Gasteiger partial charge in [-0.15, -0.1) is 0 Å². The summed E-state index contributed by atoms with van der Waals surface area (Å²) in [5, 5.41) is 0.590. The van der Waals surface area contributed by atoms with Crippen LogP contribution >= 0.6 is 11.8 Å². The summed E-state index contributed by atoms with van der Waals surface area (Å²) < 4.78 is 1.63. The monoisotopic (exact) mass is 382 g/mol.